The standard InChI is InChI=1S/C37H42BrN3O6S2/c1-36(16-17-36)49(45,46)40-34(44)37-21-26(37)13-9-4-2-3-8-12-25(18-24-10-6-5-7-11-24)33(43)41-23-28(20-30(41)31(42)22-37)47-35-39-29-15-14-27(38)19-32(29)48-35/h5-7,9-11,13-15,19,25-26,28,30H,2-4,8,12,16-18,20-23H2,1H3,(H,40,44)/b13-9-/t25-,26-,28-,30+,37-/m1/s1. The molecule has 4 aliphatic rings. The third kappa shape index (κ3) is 7.23. The summed E-state index contributed by atoms with van der Waals surface area (Å²) in [4.78, 5) is 49.1. The van der Waals surface area contributed by atoms with Crippen molar-refractivity contribution in [1.29, 1.82) is 0 Å². The smallest absolute Gasteiger partial charge is 0.274 e. The summed E-state index contributed by atoms with van der Waals surface area (Å²) >= 11 is 4.92. The number of ether oxygens (including phenoxy) is 1. The fraction of sp³-hybridized carbons (Fsp3) is 0.514. The van der Waals surface area contributed by atoms with Gasteiger partial charge >= 0.3 is 0 Å². The number of fused-ring (bicyclic) bond motifs is 3. The van der Waals surface area contributed by atoms with Crippen molar-refractivity contribution in [2.45, 2.75) is 94.4 Å². The molecule has 12 heteroatoms. The lowest BCUT2D eigenvalue weighted by Crippen LogP contribution is -2.47. The molecule has 1 saturated heterocycles. The van der Waals surface area contributed by atoms with Crippen LogP contribution in [0.25, 0.3) is 10.2 Å². The number of carbonyl (C=O) groups is 3. The van der Waals surface area contributed by atoms with Gasteiger partial charge < -0.3 is 9.64 Å². The van der Waals surface area contributed by atoms with Crippen LogP contribution in [0.3, 0.4) is 0 Å². The zero-order valence-corrected chi connectivity index (χ0v) is 30.8. The van der Waals surface area contributed by atoms with E-state index >= 15 is 0 Å². The Labute approximate surface area is 300 Å². The fourth-order valence-corrected chi connectivity index (χ4v) is 10.2. The Morgan fingerprint density at radius 3 is 2.69 bits per heavy atom. The maximum atomic E-state index is 14.5. The second kappa shape index (κ2) is 13.6. The van der Waals surface area contributed by atoms with Gasteiger partial charge in [-0.15, -0.1) is 0 Å². The average molecular weight is 769 g/mol. The first-order valence-electron chi connectivity index (χ1n) is 17.3. The van der Waals surface area contributed by atoms with Crippen LogP contribution in [0.4, 0.5) is 0 Å². The van der Waals surface area contributed by atoms with Gasteiger partial charge in [0.2, 0.25) is 21.8 Å². The van der Waals surface area contributed by atoms with Gasteiger partial charge in [-0.1, -0.05) is 82.6 Å². The highest BCUT2D eigenvalue weighted by Crippen LogP contribution is 2.57. The highest BCUT2D eigenvalue weighted by molar-refractivity contribution is 9.10. The van der Waals surface area contributed by atoms with E-state index in [4.69, 9.17) is 4.74 Å². The van der Waals surface area contributed by atoms with Crippen molar-refractivity contribution in [2.24, 2.45) is 17.3 Å². The van der Waals surface area contributed by atoms with Crippen LogP contribution in [-0.4, -0.2) is 59.3 Å². The molecular weight excluding hydrogens is 726 g/mol. The molecule has 2 aliphatic heterocycles. The van der Waals surface area contributed by atoms with Crippen LogP contribution < -0.4 is 9.46 Å². The van der Waals surface area contributed by atoms with Gasteiger partial charge in [-0.3, -0.25) is 19.1 Å². The van der Waals surface area contributed by atoms with Crippen LogP contribution in [0.1, 0.15) is 76.7 Å². The molecule has 0 bridgehead atoms. The minimum atomic E-state index is -3.88. The fourth-order valence-electron chi connectivity index (χ4n) is 7.39. The predicted octanol–water partition coefficient (Wildman–Crippen LogP) is 6.75. The Morgan fingerprint density at radius 2 is 1.92 bits per heavy atom. The van der Waals surface area contributed by atoms with E-state index in [2.05, 4.69) is 31.7 Å². The van der Waals surface area contributed by atoms with Gasteiger partial charge in [-0.25, -0.2) is 13.4 Å². The highest BCUT2D eigenvalue weighted by atomic mass is 79.9. The molecule has 0 spiro atoms. The third-order valence-corrected chi connectivity index (χ3v) is 14.4. The Hall–Kier alpha value is -3.09. The Balaban J connectivity index is 1.18. The molecule has 0 radical (unpaired) electrons. The third-order valence-electron chi connectivity index (χ3n) is 10.9. The average Bonchev–Trinajstić information content (AvgIpc) is 3.88. The van der Waals surface area contributed by atoms with Gasteiger partial charge in [0, 0.05) is 23.2 Å². The van der Waals surface area contributed by atoms with Crippen molar-refractivity contribution < 1.29 is 27.5 Å². The van der Waals surface area contributed by atoms with Crippen LogP contribution in [0.2, 0.25) is 0 Å². The number of ketones is 1. The Kier molecular flexibility index (Phi) is 9.51. The van der Waals surface area contributed by atoms with E-state index in [0.29, 0.717) is 37.3 Å². The first kappa shape index (κ1) is 34.4. The Bertz CT molecular complexity index is 1890. The molecular formula is C37H42BrN3O6S2. The SMILES string of the molecule is CC1(S(=O)(=O)NC(=O)[C@]23CC(=O)[C@@H]4C[C@@H](Oc5nc6ccc(Br)cc6s5)CN4C(=O)[C@@H](Cc4ccccc4)CCCCC/C=C\[C@@H]2C3)CC1. The summed E-state index contributed by atoms with van der Waals surface area (Å²) in [5, 5.41) is 0.476. The predicted molar refractivity (Wildman–Crippen MR) is 193 cm³/mol. The van der Waals surface area contributed by atoms with E-state index < -0.39 is 38.2 Å². The summed E-state index contributed by atoms with van der Waals surface area (Å²) in [6.07, 6.45) is 10.0. The van der Waals surface area contributed by atoms with Gasteiger partial charge in [0.15, 0.2) is 5.78 Å². The van der Waals surface area contributed by atoms with E-state index in [-0.39, 0.29) is 42.9 Å². The molecule has 1 N–H and O–H groups in total. The second-order valence-electron chi connectivity index (χ2n) is 14.5. The number of rotatable bonds is 7. The summed E-state index contributed by atoms with van der Waals surface area (Å²) in [5.41, 5.74) is 0.713. The number of thiazole rings is 1. The lowest BCUT2D eigenvalue weighted by molar-refractivity contribution is -0.142. The van der Waals surface area contributed by atoms with Crippen LogP contribution >= 0.6 is 27.3 Å². The number of halogens is 1. The molecule has 3 aromatic rings. The molecule has 0 unspecified atom stereocenters. The van der Waals surface area contributed by atoms with Crippen LogP contribution in [0.15, 0.2) is 65.2 Å². The molecule has 49 heavy (non-hydrogen) atoms. The molecule has 1 aromatic heterocycles. The van der Waals surface area contributed by atoms with E-state index in [1.807, 2.05) is 54.6 Å². The first-order valence-corrected chi connectivity index (χ1v) is 20.4. The van der Waals surface area contributed by atoms with Crippen molar-refractivity contribution in [3.63, 3.8) is 0 Å². The maximum absolute atomic E-state index is 14.5. The molecule has 2 aliphatic carbocycles. The van der Waals surface area contributed by atoms with Crippen molar-refractivity contribution in [1.82, 2.24) is 14.6 Å². The highest BCUT2D eigenvalue weighted by Gasteiger charge is 2.62. The number of allylic oxidation sites excluding steroid dienone is 2. The first-order chi connectivity index (χ1) is 23.5. The van der Waals surface area contributed by atoms with Crippen LogP contribution in [0.5, 0.6) is 5.19 Å². The van der Waals surface area contributed by atoms with Gasteiger partial charge in [0.25, 0.3) is 5.19 Å². The zero-order chi connectivity index (χ0) is 34.4. The summed E-state index contributed by atoms with van der Waals surface area (Å²) in [6.45, 7) is 1.87. The number of hydrogen-bond donors (Lipinski definition) is 1. The number of amides is 2. The molecule has 2 amide bonds. The number of carbonyl (C=O) groups excluding carboxylic acids is 3. The monoisotopic (exact) mass is 767 g/mol. The zero-order valence-electron chi connectivity index (χ0n) is 27.6. The van der Waals surface area contributed by atoms with Crippen molar-refractivity contribution in [3.8, 4) is 5.19 Å². The summed E-state index contributed by atoms with van der Waals surface area (Å²) in [6, 6.07) is 15.0. The molecule has 7 rings (SSSR count). The molecule has 2 aromatic carbocycles. The molecule has 3 fully saturated rings. The summed E-state index contributed by atoms with van der Waals surface area (Å²) in [5.74, 6) is -1.48. The summed E-state index contributed by atoms with van der Waals surface area (Å²) < 4.78 is 35.9. The number of Topliss-reactive ketones (excluding diaryl/α,β-unsaturated/α-hetero) is 1. The van der Waals surface area contributed by atoms with Crippen molar-refractivity contribution in [3.05, 3.63) is 70.7 Å². The quantitative estimate of drug-likeness (QED) is 0.264. The van der Waals surface area contributed by atoms with E-state index in [1.165, 1.54) is 11.3 Å². The van der Waals surface area contributed by atoms with Crippen molar-refractivity contribution in [2.75, 3.05) is 6.54 Å². The van der Waals surface area contributed by atoms with Gasteiger partial charge in [-0.05, 0) is 81.5 Å². The number of nitrogens with zero attached hydrogens (tertiary/aromatic N) is 2. The van der Waals surface area contributed by atoms with Crippen LogP contribution in [-0.2, 0) is 30.8 Å². The molecule has 260 valence electrons. The van der Waals surface area contributed by atoms with E-state index in [0.717, 1.165) is 45.9 Å². The molecule has 3 heterocycles. The summed E-state index contributed by atoms with van der Waals surface area (Å²) in [7, 11) is -3.88. The maximum Gasteiger partial charge on any atom is 0.274 e. The minimum absolute atomic E-state index is 0.0791. The largest absolute Gasteiger partial charge is 0.465 e. The lowest BCUT2D eigenvalue weighted by Gasteiger charge is -2.29. The normalized spacial score (nSPS) is 29.3. The van der Waals surface area contributed by atoms with E-state index in [9.17, 15) is 22.8 Å². The molecule has 5 atom stereocenters. The number of sulfonamides is 1. The second-order valence-corrected chi connectivity index (χ2v) is 18.6. The Morgan fingerprint density at radius 1 is 1.12 bits per heavy atom. The van der Waals surface area contributed by atoms with Crippen LogP contribution in [0, 0.1) is 17.3 Å². The minimum Gasteiger partial charge on any atom is -0.465 e. The molecule has 2 saturated carbocycles. The number of nitrogens with one attached hydrogen (secondary N) is 1. The van der Waals surface area contributed by atoms with Gasteiger partial charge in [0.1, 0.15) is 6.10 Å². The molecule has 9 nitrogen and oxygen atoms in total. The topological polar surface area (TPSA) is 123 Å². The van der Waals surface area contributed by atoms with Gasteiger partial charge in [0.05, 0.1) is 33.0 Å². The van der Waals surface area contributed by atoms with Gasteiger partial charge in [-0.2, -0.15) is 0 Å². The van der Waals surface area contributed by atoms with E-state index in [1.54, 1.807) is 11.8 Å². The number of aromatic nitrogens is 1. The number of benzene rings is 2. The number of hydrogen-bond acceptors (Lipinski definition) is 8. The lowest BCUT2D eigenvalue weighted by atomic mass is 9.90. The van der Waals surface area contributed by atoms with Crippen molar-refractivity contribution >= 4 is 65.1 Å².